The molecule has 0 aromatic carbocycles. The van der Waals surface area contributed by atoms with E-state index in [0.29, 0.717) is 6.54 Å². The molecule has 0 bridgehead atoms. The Morgan fingerprint density at radius 3 is 2.53 bits per heavy atom. The molecule has 1 N–H and O–H groups in total. The fraction of sp³-hybridized carbons (Fsp3) is 0.900. The summed E-state index contributed by atoms with van der Waals surface area (Å²) in [6.07, 6.45) is 0. The minimum atomic E-state index is -0.161. The van der Waals surface area contributed by atoms with Crippen LogP contribution in [0.25, 0.3) is 0 Å². The van der Waals surface area contributed by atoms with Crippen LogP contribution < -0.4 is 5.32 Å². The van der Waals surface area contributed by atoms with E-state index < -0.39 is 0 Å². The van der Waals surface area contributed by atoms with Crippen molar-refractivity contribution in [2.45, 2.75) is 17.8 Å². The van der Waals surface area contributed by atoms with Crippen molar-refractivity contribution in [2.24, 2.45) is 0 Å². The number of nitrogens with one attached hydrogen (secondary N) is 1. The lowest BCUT2D eigenvalue weighted by Gasteiger charge is -2.18. The predicted molar refractivity (Wildman–Crippen MR) is 70.5 cm³/mol. The van der Waals surface area contributed by atoms with Gasteiger partial charge in [-0.05, 0) is 13.1 Å². The third kappa shape index (κ3) is 7.08. The van der Waals surface area contributed by atoms with E-state index in [4.69, 9.17) is 0 Å². The van der Waals surface area contributed by atoms with Gasteiger partial charge in [0.15, 0.2) is 0 Å². The monoisotopic (exact) mass is 328 g/mol. The lowest BCUT2D eigenvalue weighted by molar-refractivity contribution is -0.139. The molecule has 1 atom stereocenters. The van der Waals surface area contributed by atoms with Crippen molar-refractivity contribution >= 4 is 28.6 Å². The first-order valence-electron chi connectivity index (χ1n) is 5.30. The Hall–Kier alpha value is 0.120. The molecule has 0 radical (unpaired) electrons. The maximum absolute atomic E-state index is 11.1. The van der Waals surface area contributed by atoms with E-state index in [1.165, 1.54) is 7.11 Å². The summed E-state index contributed by atoms with van der Waals surface area (Å²) in [7, 11) is 1.42. The molecule has 0 heterocycles. The van der Waals surface area contributed by atoms with E-state index >= 15 is 0 Å². The minimum absolute atomic E-state index is 0.0932. The highest BCUT2D eigenvalue weighted by atomic mass is 127. The summed E-state index contributed by atoms with van der Waals surface area (Å²) in [4.78, 5) is 13.4. The average molecular weight is 328 g/mol. The fourth-order valence-corrected chi connectivity index (χ4v) is 1.78. The van der Waals surface area contributed by atoms with Crippen molar-refractivity contribution in [3.05, 3.63) is 0 Å². The van der Waals surface area contributed by atoms with E-state index in [0.717, 1.165) is 26.2 Å². The van der Waals surface area contributed by atoms with Crippen molar-refractivity contribution in [1.82, 2.24) is 10.2 Å². The molecular formula is C10H21IN2O2. The van der Waals surface area contributed by atoms with Crippen molar-refractivity contribution in [3.63, 3.8) is 0 Å². The molecule has 90 valence electrons. The highest BCUT2D eigenvalue weighted by Gasteiger charge is 2.13. The van der Waals surface area contributed by atoms with Gasteiger partial charge in [0.1, 0.15) is 3.92 Å². The Morgan fingerprint density at radius 2 is 2.07 bits per heavy atom. The van der Waals surface area contributed by atoms with Crippen LogP contribution in [-0.4, -0.2) is 54.6 Å². The van der Waals surface area contributed by atoms with Crippen LogP contribution in [0.2, 0.25) is 0 Å². The number of hydrogen-bond acceptors (Lipinski definition) is 4. The van der Waals surface area contributed by atoms with Gasteiger partial charge in [-0.2, -0.15) is 0 Å². The van der Waals surface area contributed by atoms with Crippen molar-refractivity contribution in [3.8, 4) is 0 Å². The maximum Gasteiger partial charge on any atom is 0.319 e. The van der Waals surface area contributed by atoms with Crippen molar-refractivity contribution < 1.29 is 9.53 Å². The molecule has 0 aromatic heterocycles. The van der Waals surface area contributed by atoms with Gasteiger partial charge in [-0.3, -0.25) is 4.79 Å². The molecule has 0 aromatic rings. The lowest BCUT2D eigenvalue weighted by Crippen LogP contribution is -2.36. The molecular weight excluding hydrogens is 307 g/mol. The molecule has 0 aliphatic carbocycles. The number of esters is 1. The Kier molecular flexibility index (Phi) is 9.43. The van der Waals surface area contributed by atoms with Crippen LogP contribution in [0.1, 0.15) is 13.8 Å². The molecule has 0 aliphatic rings. The van der Waals surface area contributed by atoms with Crippen LogP contribution in [0.4, 0.5) is 0 Å². The average Bonchev–Trinajstić information content (AvgIpc) is 2.27. The van der Waals surface area contributed by atoms with Crippen LogP contribution in [-0.2, 0) is 9.53 Å². The molecule has 0 spiro atoms. The number of halogens is 1. The zero-order valence-electron chi connectivity index (χ0n) is 9.75. The molecule has 0 aliphatic heterocycles. The van der Waals surface area contributed by atoms with Gasteiger partial charge in [0.2, 0.25) is 0 Å². The first-order valence-corrected chi connectivity index (χ1v) is 6.55. The molecule has 4 nitrogen and oxygen atoms in total. The smallest absolute Gasteiger partial charge is 0.319 e. The van der Waals surface area contributed by atoms with Gasteiger partial charge in [-0.15, -0.1) is 0 Å². The topological polar surface area (TPSA) is 41.6 Å². The van der Waals surface area contributed by atoms with Gasteiger partial charge in [-0.25, -0.2) is 0 Å². The third-order valence-corrected chi connectivity index (χ3v) is 3.23. The largest absolute Gasteiger partial charge is 0.468 e. The normalized spacial score (nSPS) is 12.9. The van der Waals surface area contributed by atoms with E-state index in [1.807, 2.05) is 0 Å². The van der Waals surface area contributed by atoms with E-state index in [2.05, 4.69) is 51.4 Å². The Morgan fingerprint density at radius 1 is 1.47 bits per heavy atom. The van der Waals surface area contributed by atoms with Crippen LogP contribution >= 0.6 is 22.6 Å². The molecule has 0 amide bonds. The number of methoxy groups -OCH3 is 1. The second-order valence-electron chi connectivity index (χ2n) is 3.22. The summed E-state index contributed by atoms with van der Waals surface area (Å²) < 4.78 is 4.54. The number of rotatable bonds is 8. The SMILES string of the molecule is CCN(CC)CCNCC(I)C(=O)OC. The zero-order valence-corrected chi connectivity index (χ0v) is 11.9. The number of hydrogen-bond donors (Lipinski definition) is 1. The van der Waals surface area contributed by atoms with Crippen LogP contribution in [0.3, 0.4) is 0 Å². The number of alkyl halides is 1. The maximum atomic E-state index is 11.1. The summed E-state index contributed by atoms with van der Waals surface area (Å²) in [5.41, 5.74) is 0. The number of ether oxygens (including phenoxy) is 1. The fourth-order valence-electron chi connectivity index (χ4n) is 1.22. The second-order valence-corrected chi connectivity index (χ2v) is 4.73. The first kappa shape index (κ1) is 15.1. The Bertz CT molecular complexity index is 175. The Balaban J connectivity index is 3.49. The molecule has 5 heteroatoms. The predicted octanol–water partition coefficient (Wildman–Crippen LogP) is 0.894. The molecule has 0 fully saturated rings. The van der Waals surface area contributed by atoms with Gasteiger partial charge in [0.25, 0.3) is 0 Å². The second kappa shape index (κ2) is 9.35. The summed E-state index contributed by atoms with van der Waals surface area (Å²) in [5, 5.41) is 3.25. The number of carbonyl (C=O) groups excluding carboxylic acids is 1. The van der Waals surface area contributed by atoms with Crippen molar-refractivity contribution in [2.75, 3.05) is 39.8 Å². The van der Waals surface area contributed by atoms with E-state index in [-0.39, 0.29) is 9.89 Å². The molecule has 0 rings (SSSR count). The quantitative estimate of drug-likeness (QED) is 0.311. The summed E-state index contributed by atoms with van der Waals surface area (Å²) >= 11 is 2.09. The zero-order chi connectivity index (χ0) is 11.7. The summed E-state index contributed by atoms with van der Waals surface area (Å²) in [6, 6.07) is 0. The molecule has 0 saturated heterocycles. The molecule has 1 unspecified atom stereocenters. The lowest BCUT2D eigenvalue weighted by atomic mass is 10.4. The van der Waals surface area contributed by atoms with Crippen LogP contribution in [0, 0.1) is 0 Å². The third-order valence-electron chi connectivity index (χ3n) is 2.28. The van der Waals surface area contributed by atoms with Crippen LogP contribution in [0.5, 0.6) is 0 Å². The van der Waals surface area contributed by atoms with Crippen molar-refractivity contribution in [1.29, 1.82) is 0 Å². The number of likely N-dealkylation sites (N-methyl/N-ethyl adjacent to an activating group) is 1. The first-order chi connectivity index (χ1) is 7.15. The number of carbonyl (C=O) groups is 1. The summed E-state index contributed by atoms with van der Waals surface area (Å²) in [6.45, 7) is 9.06. The van der Waals surface area contributed by atoms with Gasteiger partial charge >= 0.3 is 5.97 Å². The van der Waals surface area contributed by atoms with Gasteiger partial charge < -0.3 is 15.0 Å². The van der Waals surface area contributed by atoms with Gasteiger partial charge in [0.05, 0.1) is 7.11 Å². The summed E-state index contributed by atoms with van der Waals surface area (Å²) in [5.74, 6) is -0.161. The highest BCUT2D eigenvalue weighted by molar-refractivity contribution is 14.1. The van der Waals surface area contributed by atoms with E-state index in [1.54, 1.807) is 0 Å². The minimum Gasteiger partial charge on any atom is -0.468 e. The standard InChI is InChI=1S/C10H21IN2O2/c1-4-13(5-2)7-6-12-8-9(11)10(14)15-3/h9,12H,4-8H2,1-3H3. The number of nitrogens with zero attached hydrogens (tertiary/aromatic N) is 1. The Labute approximate surface area is 106 Å². The van der Waals surface area contributed by atoms with Crippen LogP contribution in [0.15, 0.2) is 0 Å². The molecule has 0 saturated carbocycles. The van der Waals surface area contributed by atoms with Gasteiger partial charge in [0, 0.05) is 19.6 Å². The highest BCUT2D eigenvalue weighted by Crippen LogP contribution is 2.00. The van der Waals surface area contributed by atoms with E-state index in [9.17, 15) is 4.79 Å². The molecule has 15 heavy (non-hydrogen) atoms. The van der Waals surface area contributed by atoms with Gasteiger partial charge in [-0.1, -0.05) is 36.4 Å².